The first-order valence-corrected chi connectivity index (χ1v) is 6.33. The zero-order valence-electron chi connectivity index (χ0n) is 11.0. The number of hydrogen-bond donors (Lipinski definition) is 1. The molecule has 0 radical (unpaired) electrons. The molecule has 0 saturated carbocycles. The fraction of sp³-hybridized carbons (Fsp3) is 0.462. The summed E-state index contributed by atoms with van der Waals surface area (Å²) in [4.78, 5) is 23.9. The number of nitro benzene ring substituents is 1. The number of nitro groups is 1. The van der Waals surface area contributed by atoms with Gasteiger partial charge in [0.25, 0.3) is 5.69 Å². The van der Waals surface area contributed by atoms with Gasteiger partial charge in [0.1, 0.15) is 0 Å². The van der Waals surface area contributed by atoms with Crippen LogP contribution in [0.25, 0.3) is 0 Å². The van der Waals surface area contributed by atoms with E-state index in [1.54, 1.807) is 17.0 Å². The van der Waals surface area contributed by atoms with Gasteiger partial charge in [0, 0.05) is 37.7 Å². The van der Waals surface area contributed by atoms with Crippen LogP contribution in [0, 0.1) is 10.1 Å². The summed E-state index contributed by atoms with van der Waals surface area (Å²) in [5.41, 5.74) is 6.63. The van der Waals surface area contributed by atoms with Crippen LogP contribution in [0.1, 0.15) is 18.4 Å². The number of halogens is 1. The molecule has 1 aliphatic rings. The van der Waals surface area contributed by atoms with Crippen molar-refractivity contribution in [1.82, 2.24) is 4.90 Å². The number of likely N-dealkylation sites (tertiary alicyclic amines) is 1. The largest absolute Gasteiger partial charge is 0.341 e. The summed E-state index contributed by atoms with van der Waals surface area (Å²) in [6.07, 6.45) is 1.74. The van der Waals surface area contributed by atoms with E-state index in [9.17, 15) is 14.9 Å². The average molecular weight is 300 g/mol. The van der Waals surface area contributed by atoms with Crippen molar-refractivity contribution in [3.8, 4) is 0 Å². The fourth-order valence-corrected chi connectivity index (χ4v) is 2.25. The molecule has 0 aliphatic carbocycles. The predicted octanol–water partition coefficient (Wildman–Crippen LogP) is 1.51. The number of amides is 1. The van der Waals surface area contributed by atoms with Crippen molar-refractivity contribution in [2.45, 2.75) is 25.3 Å². The standard InChI is InChI=1S/C13H17N3O3.ClH/c14-11-6-7-15(9-11)13(17)5-4-10-2-1-3-12(8-10)16(18)19;/h1-3,8,11H,4-7,9,14H2;1H/t11-;/m1./s1. The van der Waals surface area contributed by atoms with E-state index in [4.69, 9.17) is 5.73 Å². The van der Waals surface area contributed by atoms with Crippen LogP contribution in [-0.4, -0.2) is 34.9 Å². The average Bonchev–Trinajstić information content (AvgIpc) is 2.83. The summed E-state index contributed by atoms with van der Waals surface area (Å²) >= 11 is 0. The van der Waals surface area contributed by atoms with Gasteiger partial charge in [0.15, 0.2) is 0 Å². The molecule has 0 bridgehead atoms. The number of benzene rings is 1. The second kappa shape index (κ2) is 7.21. The number of non-ortho nitro benzene ring substituents is 1. The molecule has 1 heterocycles. The molecule has 1 saturated heterocycles. The smallest absolute Gasteiger partial charge is 0.269 e. The third-order valence-electron chi connectivity index (χ3n) is 3.33. The quantitative estimate of drug-likeness (QED) is 0.674. The molecule has 1 fully saturated rings. The van der Waals surface area contributed by atoms with Gasteiger partial charge < -0.3 is 10.6 Å². The van der Waals surface area contributed by atoms with Crippen LogP contribution < -0.4 is 5.73 Å². The Morgan fingerprint density at radius 3 is 2.85 bits per heavy atom. The molecule has 1 aliphatic heterocycles. The van der Waals surface area contributed by atoms with E-state index >= 15 is 0 Å². The van der Waals surface area contributed by atoms with Gasteiger partial charge in [0.2, 0.25) is 5.91 Å². The normalized spacial score (nSPS) is 17.6. The summed E-state index contributed by atoms with van der Waals surface area (Å²) < 4.78 is 0. The third kappa shape index (κ3) is 4.18. The molecular formula is C13H18ClN3O3. The Kier molecular flexibility index (Phi) is 5.91. The molecule has 1 aromatic rings. The van der Waals surface area contributed by atoms with Crippen LogP contribution in [0.3, 0.4) is 0 Å². The van der Waals surface area contributed by atoms with Crippen molar-refractivity contribution >= 4 is 24.0 Å². The first kappa shape index (κ1) is 16.4. The molecular weight excluding hydrogens is 282 g/mol. The lowest BCUT2D eigenvalue weighted by molar-refractivity contribution is -0.384. The second-order valence-corrected chi connectivity index (χ2v) is 4.82. The molecule has 1 aromatic carbocycles. The van der Waals surface area contributed by atoms with Gasteiger partial charge in [-0.05, 0) is 18.4 Å². The van der Waals surface area contributed by atoms with Gasteiger partial charge in [-0.1, -0.05) is 12.1 Å². The van der Waals surface area contributed by atoms with Gasteiger partial charge >= 0.3 is 0 Å². The van der Waals surface area contributed by atoms with E-state index in [-0.39, 0.29) is 30.0 Å². The minimum absolute atomic E-state index is 0. The number of nitrogens with zero attached hydrogens (tertiary/aromatic N) is 2. The zero-order chi connectivity index (χ0) is 13.8. The minimum Gasteiger partial charge on any atom is -0.341 e. The summed E-state index contributed by atoms with van der Waals surface area (Å²) in [7, 11) is 0. The van der Waals surface area contributed by atoms with E-state index in [1.165, 1.54) is 12.1 Å². The monoisotopic (exact) mass is 299 g/mol. The maximum absolute atomic E-state index is 11.9. The lowest BCUT2D eigenvalue weighted by Gasteiger charge is -2.15. The number of nitrogens with two attached hydrogens (primary N) is 1. The van der Waals surface area contributed by atoms with Crippen LogP contribution in [0.15, 0.2) is 24.3 Å². The topological polar surface area (TPSA) is 89.5 Å². The summed E-state index contributed by atoms with van der Waals surface area (Å²) in [6.45, 7) is 1.34. The SMILES string of the molecule is Cl.N[C@@H]1CCN(C(=O)CCc2cccc([N+](=O)[O-])c2)C1. The molecule has 2 rings (SSSR count). The Hall–Kier alpha value is -1.66. The summed E-state index contributed by atoms with van der Waals surface area (Å²) in [6, 6.07) is 6.50. The molecule has 2 N–H and O–H groups in total. The first-order chi connectivity index (χ1) is 9.06. The van der Waals surface area contributed by atoms with Crippen molar-refractivity contribution in [3.63, 3.8) is 0 Å². The highest BCUT2D eigenvalue weighted by atomic mass is 35.5. The highest BCUT2D eigenvalue weighted by Gasteiger charge is 2.23. The Labute approximate surface area is 123 Å². The van der Waals surface area contributed by atoms with Crippen molar-refractivity contribution < 1.29 is 9.72 Å². The maximum Gasteiger partial charge on any atom is 0.269 e. The Morgan fingerprint density at radius 2 is 2.25 bits per heavy atom. The van der Waals surface area contributed by atoms with Gasteiger partial charge in [0.05, 0.1) is 4.92 Å². The van der Waals surface area contributed by atoms with E-state index in [0.717, 1.165) is 18.5 Å². The summed E-state index contributed by atoms with van der Waals surface area (Å²) in [5.74, 6) is 0.0689. The maximum atomic E-state index is 11.9. The van der Waals surface area contributed by atoms with E-state index < -0.39 is 4.92 Å². The van der Waals surface area contributed by atoms with Crippen LogP contribution in [0.2, 0.25) is 0 Å². The first-order valence-electron chi connectivity index (χ1n) is 6.33. The number of carbonyl (C=O) groups excluding carboxylic acids is 1. The van der Waals surface area contributed by atoms with Crippen molar-refractivity contribution in [2.24, 2.45) is 5.73 Å². The highest BCUT2D eigenvalue weighted by molar-refractivity contribution is 5.85. The van der Waals surface area contributed by atoms with Crippen LogP contribution in [0.4, 0.5) is 5.69 Å². The lowest BCUT2D eigenvalue weighted by atomic mass is 10.1. The minimum atomic E-state index is -0.426. The third-order valence-corrected chi connectivity index (χ3v) is 3.33. The predicted molar refractivity (Wildman–Crippen MR) is 77.8 cm³/mol. The molecule has 1 amide bonds. The van der Waals surface area contributed by atoms with Gasteiger partial charge in [-0.3, -0.25) is 14.9 Å². The number of rotatable bonds is 4. The molecule has 0 spiro atoms. The lowest BCUT2D eigenvalue weighted by Crippen LogP contribution is -2.31. The Bertz CT molecular complexity index is 496. The van der Waals surface area contributed by atoms with Gasteiger partial charge in [-0.2, -0.15) is 0 Å². The van der Waals surface area contributed by atoms with Crippen molar-refractivity contribution in [3.05, 3.63) is 39.9 Å². The molecule has 1 atom stereocenters. The number of carbonyl (C=O) groups is 1. The Balaban J connectivity index is 0.00000200. The van der Waals surface area contributed by atoms with Gasteiger partial charge in [-0.25, -0.2) is 0 Å². The summed E-state index contributed by atoms with van der Waals surface area (Å²) in [5, 5.41) is 10.7. The van der Waals surface area contributed by atoms with Crippen molar-refractivity contribution in [1.29, 1.82) is 0 Å². The van der Waals surface area contributed by atoms with Crippen LogP contribution >= 0.6 is 12.4 Å². The fourth-order valence-electron chi connectivity index (χ4n) is 2.25. The van der Waals surface area contributed by atoms with Gasteiger partial charge in [-0.15, -0.1) is 12.4 Å². The van der Waals surface area contributed by atoms with E-state index in [2.05, 4.69) is 0 Å². The number of aryl methyl sites for hydroxylation is 1. The molecule has 0 unspecified atom stereocenters. The van der Waals surface area contributed by atoms with Crippen LogP contribution in [-0.2, 0) is 11.2 Å². The zero-order valence-corrected chi connectivity index (χ0v) is 11.8. The van der Waals surface area contributed by atoms with E-state index in [1.807, 2.05) is 0 Å². The molecule has 0 aromatic heterocycles. The van der Waals surface area contributed by atoms with E-state index in [0.29, 0.717) is 19.4 Å². The van der Waals surface area contributed by atoms with Crippen LogP contribution in [0.5, 0.6) is 0 Å². The highest BCUT2D eigenvalue weighted by Crippen LogP contribution is 2.15. The second-order valence-electron chi connectivity index (χ2n) is 4.82. The molecule has 110 valence electrons. The number of hydrogen-bond acceptors (Lipinski definition) is 4. The molecule has 20 heavy (non-hydrogen) atoms. The Morgan fingerprint density at radius 1 is 1.50 bits per heavy atom. The molecule has 6 nitrogen and oxygen atoms in total. The molecule has 7 heteroatoms. The van der Waals surface area contributed by atoms with Crippen molar-refractivity contribution in [2.75, 3.05) is 13.1 Å².